The molecule has 3 rings (SSSR count). The maximum absolute atomic E-state index is 13.8. The smallest absolute Gasteiger partial charge is 0.128 e. The van der Waals surface area contributed by atoms with Gasteiger partial charge in [0.25, 0.3) is 0 Å². The average Bonchev–Trinajstić information content (AvgIpc) is 2.78. The lowest BCUT2D eigenvalue weighted by molar-refractivity contribution is 0.00621. The van der Waals surface area contributed by atoms with Gasteiger partial charge in [-0.1, -0.05) is 0 Å². The first kappa shape index (κ1) is 14.8. The van der Waals surface area contributed by atoms with E-state index < -0.39 is 0 Å². The Morgan fingerprint density at radius 3 is 2.90 bits per heavy atom. The molecule has 5 heteroatoms. The SMILES string of the molecule is Cc1cc2c(cc1F)nc(C(C)Cl)n2C1CCOC(C)C1. The van der Waals surface area contributed by atoms with Crippen LogP contribution >= 0.6 is 11.6 Å². The van der Waals surface area contributed by atoms with Gasteiger partial charge in [-0.05, 0) is 45.2 Å². The minimum Gasteiger partial charge on any atom is -0.378 e. The van der Waals surface area contributed by atoms with Crippen LogP contribution in [0.1, 0.15) is 49.5 Å². The molecular formula is C16H20ClFN2O. The first-order chi connectivity index (χ1) is 9.97. The number of rotatable bonds is 2. The molecule has 21 heavy (non-hydrogen) atoms. The molecule has 1 aromatic heterocycles. The van der Waals surface area contributed by atoms with Gasteiger partial charge < -0.3 is 9.30 Å². The summed E-state index contributed by atoms with van der Waals surface area (Å²) in [6.07, 6.45) is 2.09. The number of hydrogen-bond donors (Lipinski definition) is 0. The van der Waals surface area contributed by atoms with E-state index >= 15 is 0 Å². The third-order valence-electron chi connectivity index (χ3n) is 4.18. The molecule has 1 aromatic carbocycles. The number of imidazole rings is 1. The molecule has 1 fully saturated rings. The van der Waals surface area contributed by atoms with E-state index in [1.807, 2.05) is 13.0 Å². The van der Waals surface area contributed by atoms with Crippen LogP contribution in [0.5, 0.6) is 0 Å². The van der Waals surface area contributed by atoms with Gasteiger partial charge in [-0.3, -0.25) is 0 Å². The fourth-order valence-electron chi connectivity index (χ4n) is 3.11. The molecule has 2 heterocycles. The summed E-state index contributed by atoms with van der Waals surface area (Å²) in [5.74, 6) is 0.594. The average molecular weight is 311 g/mol. The van der Waals surface area contributed by atoms with Crippen LogP contribution in [-0.2, 0) is 4.74 Å². The second-order valence-corrected chi connectivity index (χ2v) is 6.56. The van der Waals surface area contributed by atoms with Crippen molar-refractivity contribution in [1.82, 2.24) is 9.55 Å². The Kier molecular flexibility index (Phi) is 3.93. The fraction of sp³-hybridized carbons (Fsp3) is 0.562. The monoisotopic (exact) mass is 310 g/mol. The molecule has 0 aliphatic carbocycles. The Hall–Kier alpha value is -1.13. The van der Waals surface area contributed by atoms with E-state index in [2.05, 4.69) is 16.5 Å². The summed E-state index contributed by atoms with van der Waals surface area (Å²) in [5.41, 5.74) is 2.28. The second-order valence-electron chi connectivity index (χ2n) is 5.91. The lowest BCUT2D eigenvalue weighted by Gasteiger charge is -2.30. The van der Waals surface area contributed by atoms with E-state index in [4.69, 9.17) is 16.3 Å². The number of alkyl halides is 1. The maximum Gasteiger partial charge on any atom is 0.128 e. The van der Waals surface area contributed by atoms with Crippen molar-refractivity contribution in [1.29, 1.82) is 0 Å². The molecule has 0 amide bonds. The van der Waals surface area contributed by atoms with Gasteiger partial charge in [-0.15, -0.1) is 11.6 Å². The van der Waals surface area contributed by atoms with Gasteiger partial charge in [0.15, 0.2) is 0 Å². The number of nitrogens with zero attached hydrogens (tertiary/aromatic N) is 2. The van der Waals surface area contributed by atoms with Gasteiger partial charge >= 0.3 is 0 Å². The van der Waals surface area contributed by atoms with Crippen LogP contribution in [0, 0.1) is 12.7 Å². The summed E-state index contributed by atoms with van der Waals surface area (Å²) < 4.78 is 21.6. The van der Waals surface area contributed by atoms with Gasteiger partial charge in [0.1, 0.15) is 11.6 Å². The molecule has 0 spiro atoms. The van der Waals surface area contributed by atoms with Crippen molar-refractivity contribution in [3.63, 3.8) is 0 Å². The van der Waals surface area contributed by atoms with Gasteiger partial charge in [0.2, 0.25) is 0 Å². The van der Waals surface area contributed by atoms with Crippen molar-refractivity contribution in [2.24, 2.45) is 0 Å². The molecule has 1 saturated heterocycles. The molecule has 1 aliphatic rings. The second kappa shape index (κ2) is 5.58. The largest absolute Gasteiger partial charge is 0.378 e. The van der Waals surface area contributed by atoms with Crippen LogP contribution in [0.25, 0.3) is 11.0 Å². The Morgan fingerprint density at radius 1 is 1.48 bits per heavy atom. The first-order valence-corrected chi connectivity index (χ1v) is 7.84. The van der Waals surface area contributed by atoms with Crippen LogP contribution in [-0.4, -0.2) is 22.3 Å². The van der Waals surface area contributed by atoms with Crippen molar-refractivity contribution in [2.75, 3.05) is 6.61 Å². The summed E-state index contributed by atoms with van der Waals surface area (Å²) in [5, 5.41) is -0.209. The van der Waals surface area contributed by atoms with E-state index in [1.165, 1.54) is 6.07 Å². The summed E-state index contributed by atoms with van der Waals surface area (Å²) in [7, 11) is 0. The third-order valence-corrected chi connectivity index (χ3v) is 4.37. The zero-order valence-corrected chi connectivity index (χ0v) is 13.3. The maximum atomic E-state index is 13.8. The molecule has 3 unspecified atom stereocenters. The molecule has 1 aliphatic heterocycles. The van der Waals surface area contributed by atoms with E-state index in [-0.39, 0.29) is 17.3 Å². The molecule has 0 N–H and O–H groups in total. The van der Waals surface area contributed by atoms with Crippen LogP contribution in [0.15, 0.2) is 12.1 Å². The van der Waals surface area contributed by atoms with Crippen molar-refractivity contribution >= 4 is 22.6 Å². The number of hydrogen-bond acceptors (Lipinski definition) is 2. The minimum absolute atomic E-state index is 0.209. The van der Waals surface area contributed by atoms with Crippen LogP contribution in [0.2, 0.25) is 0 Å². The van der Waals surface area contributed by atoms with E-state index in [0.717, 1.165) is 30.8 Å². The highest BCUT2D eigenvalue weighted by molar-refractivity contribution is 6.20. The highest BCUT2D eigenvalue weighted by Gasteiger charge is 2.26. The molecular weight excluding hydrogens is 291 g/mol. The summed E-state index contributed by atoms with van der Waals surface area (Å²) in [4.78, 5) is 4.56. The predicted molar refractivity (Wildman–Crippen MR) is 82.4 cm³/mol. The summed E-state index contributed by atoms with van der Waals surface area (Å²) >= 11 is 6.31. The Labute approximate surface area is 129 Å². The van der Waals surface area contributed by atoms with Gasteiger partial charge in [-0.2, -0.15) is 0 Å². The third kappa shape index (κ3) is 2.67. The minimum atomic E-state index is -0.221. The topological polar surface area (TPSA) is 27.1 Å². The molecule has 114 valence electrons. The number of halogens is 2. The number of aryl methyl sites for hydroxylation is 1. The fourth-order valence-corrected chi connectivity index (χ4v) is 3.27. The molecule has 0 saturated carbocycles. The zero-order chi connectivity index (χ0) is 15.1. The first-order valence-electron chi connectivity index (χ1n) is 7.41. The van der Waals surface area contributed by atoms with Gasteiger partial charge in [0.05, 0.1) is 22.5 Å². The Morgan fingerprint density at radius 2 is 2.24 bits per heavy atom. The van der Waals surface area contributed by atoms with Crippen molar-refractivity contribution in [3.05, 3.63) is 29.3 Å². The Bertz CT molecular complexity index is 668. The van der Waals surface area contributed by atoms with Crippen LogP contribution in [0.4, 0.5) is 4.39 Å². The summed E-state index contributed by atoms with van der Waals surface area (Å²) in [6, 6.07) is 3.69. The lowest BCUT2D eigenvalue weighted by Crippen LogP contribution is -2.26. The quantitative estimate of drug-likeness (QED) is 0.762. The Balaban J connectivity index is 2.17. The van der Waals surface area contributed by atoms with E-state index in [0.29, 0.717) is 17.1 Å². The predicted octanol–water partition coefficient (Wildman–Crippen LogP) is 4.52. The normalized spacial score (nSPS) is 24.4. The summed E-state index contributed by atoms with van der Waals surface area (Å²) in [6.45, 7) is 6.51. The lowest BCUT2D eigenvalue weighted by atomic mass is 10.0. The molecule has 3 nitrogen and oxygen atoms in total. The molecule has 3 atom stereocenters. The highest BCUT2D eigenvalue weighted by atomic mass is 35.5. The number of fused-ring (bicyclic) bond motifs is 1. The standard InChI is InChI=1S/C16H20ClFN2O/c1-9-6-15-14(8-13(9)18)19-16(11(3)17)20(15)12-4-5-21-10(2)7-12/h6,8,10-12H,4-5,7H2,1-3H3. The van der Waals surface area contributed by atoms with E-state index in [1.54, 1.807) is 6.92 Å². The van der Waals surface area contributed by atoms with Gasteiger partial charge in [0, 0.05) is 18.7 Å². The molecule has 0 radical (unpaired) electrons. The van der Waals surface area contributed by atoms with Crippen LogP contribution < -0.4 is 0 Å². The highest BCUT2D eigenvalue weighted by Crippen LogP contribution is 2.34. The zero-order valence-electron chi connectivity index (χ0n) is 12.6. The van der Waals surface area contributed by atoms with Crippen LogP contribution in [0.3, 0.4) is 0 Å². The molecule has 2 aromatic rings. The number of ether oxygens (including phenoxy) is 1. The van der Waals surface area contributed by atoms with Crippen molar-refractivity contribution in [2.45, 2.75) is 51.1 Å². The number of benzene rings is 1. The number of aromatic nitrogens is 2. The van der Waals surface area contributed by atoms with Crippen molar-refractivity contribution < 1.29 is 9.13 Å². The van der Waals surface area contributed by atoms with Crippen molar-refractivity contribution in [3.8, 4) is 0 Å². The van der Waals surface area contributed by atoms with E-state index in [9.17, 15) is 4.39 Å². The molecule has 0 bridgehead atoms. The van der Waals surface area contributed by atoms with Gasteiger partial charge in [-0.25, -0.2) is 9.37 Å².